The Labute approximate surface area is 163 Å². The smallest absolute Gasteiger partial charge is 0.241 e. The predicted octanol–water partition coefficient (Wildman–Crippen LogP) is 4.38. The van der Waals surface area contributed by atoms with Crippen molar-refractivity contribution in [2.75, 3.05) is 0 Å². The van der Waals surface area contributed by atoms with Crippen molar-refractivity contribution in [2.45, 2.75) is 32.2 Å². The summed E-state index contributed by atoms with van der Waals surface area (Å²) in [5.41, 5.74) is 3.34. The third-order valence-electron chi connectivity index (χ3n) is 4.44. The third kappa shape index (κ3) is 4.35. The number of aryl methyl sites for hydroxylation is 3. The number of sulfonamides is 1. The topological polar surface area (TPSA) is 63.2 Å². The minimum absolute atomic E-state index is 0.0558. The summed E-state index contributed by atoms with van der Waals surface area (Å²) < 4.78 is 28.0. The van der Waals surface area contributed by atoms with Crippen LogP contribution >= 0.6 is 11.3 Å². The van der Waals surface area contributed by atoms with E-state index in [0.29, 0.717) is 15.3 Å². The molecule has 0 spiro atoms. The monoisotopic (exact) mass is 399 g/mol. The van der Waals surface area contributed by atoms with Crippen molar-refractivity contribution in [3.63, 3.8) is 0 Å². The van der Waals surface area contributed by atoms with E-state index in [-0.39, 0.29) is 12.3 Å². The summed E-state index contributed by atoms with van der Waals surface area (Å²) in [5, 5.41) is 0. The van der Waals surface area contributed by atoms with E-state index in [1.807, 2.05) is 38.1 Å². The highest BCUT2D eigenvalue weighted by atomic mass is 32.2. The molecule has 0 atom stereocenters. The summed E-state index contributed by atoms with van der Waals surface area (Å²) in [5.74, 6) is -0.0558. The lowest BCUT2D eigenvalue weighted by Gasteiger charge is -2.11. The molecule has 0 unspecified atom stereocenters. The highest BCUT2D eigenvalue weighted by Crippen LogP contribution is 2.23. The molecule has 0 radical (unpaired) electrons. The molecule has 0 bridgehead atoms. The van der Waals surface area contributed by atoms with Crippen LogP contribution in [-0.4, -0.2) is 14.2 Å². The highest BCUT2D eigenvalue weighted by Gasteiger charge is 2.18. The number of thiophene rings is 1. The van der Waals surface area contributed by atoms with Crippen molar-refractivity contribution in [3.05, 3.63) is 86.6 Å². The van der Waals surface area contributed by atoms with E-state index in [4.69, 9.17) is 0 Å². The third-order valence-corrected chi connectivity index (χ3v) is 7.07. The molecule has 27 heavy (non-hydrogen) atoms. The molecular formula is C21H21NO3S2. The quantitative estimate of drug-likeness (QED) is 0.626. The second-order valence-electron chi connectivity index (χ2n) is 6.49. The van der Waals surface area contributed by atoms with Crippen molar-refractivity contribution < 1.29 is 13.2 Å². The number of carbonyl (C=O) groups excluding carboxylic acids is 1. The number of hydrogen-bond acceptors (Lipinski definition) is 4. The molecule has 1 heterocycles. The predicted molar refractivity (Wildman–Crippen MR) is 109 cm³/mol. The summed E-state index contributed by atoms with van der Waals surface area (Å²) in [6.07, 6.45) is 0. The van der Waals surface area contributed by atoms with E-state index in [1.165, 1.54) is 11.3 Å². The van der Waals surface area contributed by atoms with E-state index >= 15 is 0 Å². The van der Waals surface area contributed by atoms with Crippen molar-refractivity contribution in [2.24, 2.45) is 0 Å². The summed E-state index contributed by atoms with van der Waals surface area (Å²) in [4.78, 5) is 14.1. The van der Waals surface area contributed by atoms with Gasteiger partial charge in [0.05, 0.1) is 9.77 Å². The number of hydrogen-bond donors (Lipinski definition) is 1. The summed E-state index contributed by atoms with van der Waals surface area (Å²) in [6.45, 7) is 5.81. The second kappa shape index (κ2) is 7.76. The molecule has 0 saturated heterocycles. The molecule has 3 rings (SSSR count). The number of nitrogens with one attached hydrogen (secondary N) is 1. The maximum atomic E-state index is 12.7. The molecular weight excluding hydrogens is 378 g/mol. The molecule has 3 aromatic rings. The Balaban J connectivity index is 1.75. The Kier molecular flexibility index (Phi) is 5.60. The molecule has 1 N–H and O–H groups in total. The van der Waals surface area contributed by atoms with Crippen LogP contribution in [0.1, 0.15) is 36.8 Å². The lowest BCUT2D eigenvalue weighted by molar-refractivity contribution is 0.104. The second-order valence-corrected chi connectivity index (χ2v) is 9.39. The summed E-state index contributed by atoms with van der Waals surface area (Å²) in [7, 11) is -3.62. The van der Waals surface area contributed by atoms with Gasteiger partial charge in [-0.1, -0.05) is 36.4 Å². The average molecular weight is 400 g/mol. The largest absolute Gasteiger partial charge is 0.288 e. The van der Waals surface area contributed by atoms with Crippen molar-refractivity contribution >= 4 is 27.1 Å². The van der Waals surface area contributed by atoms with Crippen LogP contribution in [0.2, 0.25) is 0 Å². The van der Waals surface area contributed by atoms with Crippen molar-refractivity contribution in [3.8, 4) is 0 Å². The molecule has 0 aliphatic carbocycles. The fourth-order valence-corrected chi connectivity index (χ4v) is 5.11. The van der Waals surface area contributed by atoms with E-state index in [0.717, 1.165) is 21.6 Å². The van der Waals surface area contributed by atoms with Crippen LogP contribution < -0.4 is 4.72 Å². The Hall–Kier alpha value is -2.28. The van der Waals surface area contributed by atoms with Gasteiger partial charge in [-0.2, -0.15) is 0 Å². The zero-order valence-corrected chi connectivity index (χ0v) is 17.1. The Morgan fingerprint density at radius 1 is 0.926 bits per heavy atom. The highest BCUT2D eigenvalue weighted by molar-refractivity contribution is 7.89. The molecule has 0 aliphatic heterocycles. The molecule has 0 amide bonds. The van der Waals surface area contributed by atoms with Gasteiger partial charge >= 0.3 is 0 Å². The molecule has 140 valence electrons. The Morgan fingerprint density at radius 3 is 2.30 bits per heavy atom. The number of benzene rings is 2. The van der Waals surface area contributed by atoms with Gasteiger partial charge in [0, 0.05) is 17.0 Å². The maximum Gasteiger partial charge on any atom is 0.241 e. The minimum atomic E-state index is -3.62. The zero-order valence-electron chi connectivity index (χ0n) is 15.4. The van der Waals surface area contributed by atoms with Gasteiger partial charge in [-0.3, -0.25) is 4.79 Å². The van der Waals surface area contributed by atoms with Crippen molar-refractivity contribution in [1.82, 2.24) is 4.72 Å². The van der Waals surface area contributed by atoms with Crippen molar-refractivity contribution in [1.29, 1.82) is 0 Å². The van der Waals surface area contributed by atoms with Crippen LogP contribution in [0.25, 0.3) is 0 Å². The Morgan fingerprint density at radius 2 is 1.59 bits per heavy atom. The first-order valence-corrected chi connectivity index (χ1v) is 10.8. The van der Waals surface area contributed by atoms with Crippen LogP contribution in [0.3, 0.4) is 0 Å². The average Bonchev–Trinajstić information content (AvgIpc) is 3.12. The van der Waals surface area contributed by atoms with Crippen LogP contribution in [0.5, 0.6) is 0 Å². The molecule has 0 fully saturated rings. The van der Waals surface area contributed by atoms with Gasteiger partial charge in [-0.25, -0.2) is 13.1 Å². The van der Waals surface area contributed by atoms with Gasteiger partial charge in [-0.05, 0) is 55.7 Å². The van der Waals surface area contributed by atoms with Gasteiger partial charge in [0.25, 0.3) is 0 Å². The molecule has 6 heteroatoms. The van der Waals surface area contributed by atoms with Crippen LogP contribution in [0.15, 0.2) is 59.5 Å². The SMILES string of the molecule is Cc1cc(C)c(S(=O)(=O)NCc2ccc(C(=O)c3ccccc3)s2)cc1C. The first-order valence-electron chi connectivity index (χ1n) is 8.54. The fourth-order valence-electron chi connectivity index (χ4n) is 2.79. The zero-order chi connectivity index (χ0) is 19.6. The summed E-state index contributed by atoms with van der Waals surface area (Å²) >= 11 is 1.31. The van der Waals surface area contributed by atoms with E-state index in [1.54, 1.807) is 37.3 Å². The van der Waals surface area contributed by atoms with Crippen LogP contribution in [0, 0.1) is 20.8 Å². The number of rotatable bonds is 6. The minimum Gasteiger partial charge on any atom is -0.288 e. The first kappa shape index (κ1) is 19.5. The Bertz CT molecular complexity index is 1080. The maximum absolute atomic E-state index is 12.7. The number of carbonyl (C=O) groups is 1. The fraction of sp³-hybridized carbons (Fsp3) is 0.190. The lowest BCUT2D eigenvalue weighted by Crippen LogP contribution is -2.23. The van der Waals surface area contributed by atoms with Crippen LogP contribution in [-0.2, 0) is 16.6 Å². The molecule has 1 aromatic heterocycles. The lowest BCUT2D eigenvalue weighted by atomic mass is 10.1. The van der Waals surface area contributed by atoms with Gasteiger partial charge in [0.2, 0.25) is 15.8 Å². The molecule has 4 nitrogen and oxygen atoms in total. The van der Waals surface area contributed by atoms with E-state index < -0.39 is 10.0 Å². The van der Waals surface area contributed by atoms with Gasteiger partial charge in [0.1, 0.15) is 0 Å². The van der Waals surface area contributed by atoms with Gasteiger partial charge in [0.15, 0.2) is 0 Å². The van der Waals surface area contributed by atoms with Gasteiger partial charge < -0.3 is 0 Å². The van der Waals surface area contributed by atoms with E-state index in [2.05, 4.69) is 4.72 Å². The molecule has 0 saturated carbocycles. The normalized spacial score (nSPS) is 11.5. The first-order chi connectivity index (χ1) is 12.8. The summed E-state index contributed by atoms with van der Waals surface area (Å²) in [6, 6.07) is 16.2. The molecule has 2 aromatic carbocycles. The van der Waals surface area contributed by atoms with Crippen LogP contribution in [0.4, 0.5) is 0 Å². The van der Waals surface area contributed by atoms with Gasteiger partial charge in [-0.15, -0.1) is 11.3 Å². The number of ketones is 1. The van der Waals surface area contributed by atoms with E-state index in [9.17, 15) is 13.2 Å². The molecule has 0 aliphatic rings. The standard InChI is InChI=1S/C21H21NO3S2/c1-14-11-16(3)20(12-15(14)2)27(24,25)22-13-18-9-10-19(26-18)21(23)17-7-5-4-6-8-17/h4-12,22H,13H2,1-3H3.